The number of aromatic nitrogens is 3. The molecule has 0 bridgehead atoms. The molecular formula is C14H27N7O2. The maximum absolute atomic E-state index is 11.8. The molecule has 0 radical (unpaired) electrons. The third kappa shape index (κ3) is 6.98. The summed E-state index contributed by atoms with van der Waals surface area (Å²) in [6.45, 7) is 7.09. The molecule has 0 aliphatic carbocycles. The van der Waals surface area contributed by atoms with Gasteiger partial charge in [0.2, 0.25) is 0 Å². The minimum atomic E-state index is -0.494. The number of carbonyl (C=O) groups is 1. The number of aliphatic imine (C=N–C) groups is 1. The van der Waals surface area contributed by atoms with Crippen LogP contribution in [0.3, 0.4) is 0 Å². The Labute approximate surface area is 137 Å². The topological polar surface area (TPSA) is 96.7 Å². The highest BCUT2D eigenvalue weighted by atomic mass is 16.6. The van der Waals surface area contributed by atoms with E-state index in [9.17, 15) is 4.79 Å². The molecule has 0 atom stereocenters. The van der Waals surface area contributed by atoms with Gasteiger partial charge in [0.15, 0.2) is 5.96 Å². The van der Waals surface area contributed by atoms with Crippen molar-refractivity contribution < 1.29 is 9.53 Å². The molecule has 1 heterocycles. The molecule has 9 nitrogen and oxygen atoms in total. The van der Waals surface area contributed by atoms with E-state index >= 15 is 0 Å². The molecule has 130 valence electrons. The van der Waals surface area contributed by atoms with Gasteiger partial charge in [-0.15, -0.1) is 0 Å². The first-order chi connectivity index (χ1) is 10.7. The first-order valence-corrected chi connectivity index (χ1v) is 7.44. The summed E-state index contributed by atoms with van der Waals surface area (Å²) in [5.41, 5.74) is -0.494. The number of likely N-dealkylation sites (N-methyl/N-ethyl adjacent to an activating group) is 1. The van der Waals surface area contributed by atoms with Crippen LogP contribution in [0.2, 0.25) is 0 Å². The van der Waals surface area contributed by atoms with Gasteiger partial charge in [-0.25, -0.2) is 9.78 Å². The molecule has 23 heavy (non-hydrogen) atoms. The Morgan fingerprint density at radius 3 is 2.65 bits per heavy atom. The van der Waals surface area contributed by atoms with Crippen LogP contribution in [0.5, 0.6) is 0 Å². The zero-order valence-electron chi connectivity index (χ0n) is 14.8. The fourth-order valence-electron chi connectivity index (χ4n) is 1.64. The number of ether oxygens (including phenoxy) is 1. The summed E-state index contributed by atoms with van der Waals surface area (Å²) in [4.78, 5) is 21.6. The molecule has 1 amide bonds. The van der Waals surface area contributed by atoms with Gasteiger partial charge in [-0.2, -0.15) is 5.10 Å². The fraction of sp³-hybridized carbons (Fsp3) is 0.714. The number of guanidine groups is 1. The van der Waals surface area contributed by atoms with Crippen LogP contribution < -0.4 is 10.6 Å². The molecule has 0 saturated heterocycles. The molecular weight excluding hydrogens is 298 g/mol. The van der Waals surface area contributed by atoms with Crippen molar-refractivity contribution >= 4 is 12.1 Å². The van der Waals surface area contributed by atoms with Crippen molar-refractivity contribution in [1.82, 2.24) is 30.3 Å². The van der Waals surface area contributed by atoms with Gasteiger partial charge in [0, 0.05) is 34.2 Å². The number of aryl methyl sites for hydroxylation is 1. The van der Waals surface area contributed by atoms with Crippen LogP contribution in [0.15, 0.2) is 11.3 Å². The normalized spacial score (nSPS) is 12.0. The summed E-state index contributed by atoms with van der Waals surface area (Å²) in [7, 11) is 5.21. The second-order valence-corrected chi connectivity index (χ2v) is 6.05. The Morgan fingerprint density at radius 1 is 1.43 bits per heavy atom. The average Bonchev–Trinajstić information content (AvgIpc) is 2.86. The number of amides is 1. The van der Waals surface area contributed by atoms with E-state index in [4.69, 9.17) is 4.74 Å². The SMILES string of the molecule is CN=C(NCCN(C)C(=O)OC(C)(C)C)NCc1ncnn1C. The zero-order valence-corrected chi connectivity index (χ0v) is 14.8. The Hall–Kier alpha value is -2.32. The van der Waals surface area contributed by atoms with Crippen molar-refractivity contribution in [3.05, 3.63) is 12.2 Å². The number of nitrogens with zero attached hydrogens (tertiary/aromatic N) is 5. The molecule has 0 saturated carbocycles. The van der Waals surface area contributed by atoms with Crippen molar-refractivity contribution in [2.24, 2.45) is 12.0 Å². The predicted octanol–water partition coefficient (Wildman–Crippen LogP) is 0.347. The first kappa shape index (κ1) is 18.7. The monoisotopic (exact) mass is 325 g/mol. The second kappa shape index (κ2) is 8.35. The van der Waals surface area contributed by atoms with Crippen LogP contribution in [0.1, 0.15) is 26.6 Å². The maximum Gasteiger partial charge on any atom is 0.410 e. The lowest BCUT2D eigenvalue weighted by Gasteiger charge is -2.24. The molecule has 2 N–H and O–H groups in total. The molecule has 0 aliphatic rings. The largest absolute Gasteiger partial charge is 0.444 e. The molecule has 1 aromatic rings. The van der Waals surface area contributed by atoms with Gasteiger partial charge in [0.25, 0.3) is 0 Å². The Morgan fingerprint density at radius 2 is 2.13 bits per heavy atom. The van der Waals surface area contributed by atoms with Crippen LogP contribution in [-0.2, 0) is 18.3 Å². The van der Waals surface area contributed by atoms with Gasteiger partial charge in [-0.05, 0) is 20.8 Å². The number of hydrogen-bond acceptors (Lipinski definition) is 5. The fourth-order valence-corrected chi connectivity index (χ4v) is 1.64. The van der Waals surface area contributed by atoms with Gasteiger partial charge >= 0.3 is 6.09 Å². The highest BCUT2D eigenvalue weighted by molar-refractivity contribution is 5.79. The van der Waals surface area contributed by atoms with Crippen LogP contribution in [0.25, 0.3) is 0 Å². The Balaban J connectivity index is 2.32. The van der Waals surface area contributed by atoms with E-state index in [1.807, 2.05) is 27.8 Å². The molecule has 0 aromatic carbocycles. The zero-order chi connectivity index (χ0) is 17.5. The Bertz CT molecular complexity index is 533. The van der Waals surface area contributed by atoms with Crippen molar-refractivity contribution in [2.75, 3.05) is 27.2 Å². The quantitative estimate of drug-likeness (QED) is 0.599. The third-order valence-electron chi connectivity index (χ3n) is 2.89. The number of rotatable bonds is 5. The van der Waals surface area contributed by atoms with Crippen LogP contribution in [-0.4, -0.2) is 64.5 Å². The van der Waals surface area contributed by atoms with Crippen LogP contribution >= 0.6 is 0 Å². The highest BCUT2D eigenvalue weighted by Gasteiger charge is 2.19. The molecule has 0 spiro atoms. The van der Waals surface area contributed by atoms with Gasteiger partial charge < -0.3 is 20.3 Å². The van der Waals surface area contributed by atoms with Crippen molar-refractivity contribution in [3.63, 3.8) is 0 Å². The predicted molar refractivity (Wildman–Crippen MR) is 88.1 cm³/mol. The van der Waals surface area contributed by atoms with E-state index in [1.165, 1.54) is 11.2 Å². The van der Waals surface area contributed by atoms with E-state index in [-0.39, 0.29) is 6.09 Å². The molecule has 1 aromatic heterocycles. The van der Waals surface area contributed by atoms with Crippen LogP contribution in [0.4, 0.5) is 4.79 Å². The van der Waals surface area contributed by atoms with Gasteiger partial charge in [0.05, 0.1) is 6.54 Å². The Kier molecular flexibility index (Phi) is 6.80. The van der Waals surface area contributed by atoms with Crippen molar-refractivity contribution in [3.8, 4) is 0 Å². The lowest BCUT2D eigenvalue weighted by Crippen LogP contribution is -2.43. The summed E-state index contributed by atoms with van der Waals surface area (Å²) in [6.07, 6.45) is 1.16. The maximum atomic E-state index is 11.8. The molecule has 0 aliphatic heterocycles. The summed E-state index contributed by atoms with van der Waals surface area (Å²) in [5, 5.41) is 10.3. The molecule has 1 rings (SSSR count). The van der Waals surface area contributed by atoms with E-state index in [2.05, 4.69) is 25.7 Å². The number of carbonyl (C=O) groups excluding carboxylic acids is 1. The average molecular weight is 325 g/mol. The molecule has 0 fully saturated rings. The second-order valence-electron chi connectivity index (χ2n) is 6.05. The first-order valence-electron chi connectivity index (χ1n) is 7.44. The van der Waals surface area contributed by atoms with E-state index in [0.717, 1.165) is 5.82 Å². The summed E-state index contributed by atoms with van der Waals surface area (Å²) in [5.74, 6) is 1.43. The van der Waals surface area contributed by atoms with E-state index in [1.54, 1.807) is 18.8 Å². The smallest absolute Gasteiger partial charge is 0.410 e. The minimum absolute atomic E-state index is 0.346. The lowest BCUT2D eigenvalue weighted by molar-refractivity contribution is 0.0302. The standard InChI is InChI=1S/C14H27N7O2/c1-14(2,3)23-13(22)20(5)8-7-16-12(15-4)17-9-11-18-10-19-21(11)6/h10H,7-9H2,1-6H3,(H2,15,16,17). The van der Waals surface area contributed by atoms with Gasteiger partial charge in [-0.3, -0.25) is 9.67 Å². The van der Waals surface area contributed by atoms with Gasteiger partial charge in [-0.1, -0.05) is 0 Å². The lowest BCUT2D eigenvalue weighted by atomic mass is 10.2. The number of hydrogen-bond donors (Lipinski definition) is 2. The number of nitrogens with one attached hydrogen (secondary N) is 2. The highest BCUT2D eigenvalue weighted by Crippen LogP contribution is 2.08. The van der Waals surface area contributed by atoms with Crippen molar-refractivity contribution in [1.29, 1.82) is 0 Å². The molecule has 9 heteroatoms. The van der Waals surface area contributed by atoms with E-state index in [0.29, 0.717) is 25.6 Å². The molecule has 0 unspecified atom stereocenters. The van der Waals surface area contributed by atoms with Crippen molar-refractivity contribution in [2.45, 2.75) is 32.9 Å². The minimum Gasteiger partial charge on any atom is -0.444 e. The van der Waals surface area contributed by atoms with Crippen LogP contribution in [0, 0.1) is 0 Å². The summed E-state index contributed by atoms with van der Waals surface area (Å²) in [6, 6.07) is 0. The summed E-state index contributed by atoms with van der Waals surface area (Å²) < 4.78 is 6.98. The third-order valence-corrected chi connectivity index (χ3v) is 2.89. The van der Waals surface area contributed by atoms with Gasteiger partial charge in [0.1, 0.15) is 17.8 Å². The van der Waals surface area contributed by atoms with E-state index < -0.39 is 5.60 Å². The summed E-state index contributed by atoms with van der Waals surface area (Å²) >= 11 is 0.